The highest BCUT2D eigenvalue weighted by atomic mass is 16.5. The zero-order valence-corrected chi connectivity index (χ0v) is 15.9. The third kappa shape index (κ3) is 4.07. The number of ether oxygens (including phenoxy) is 1. The summed E-state index contributed by atoms with van der Waals surface area (Å²) in [7, 11) is 1.66. The summed E-state index contributed by atoms with van der Waals surface area (Å²) in [5, 5.41) is 5.35. The Hall–Kier alpha value is -3.12. The normalized spacial score (nSPS) is 11.2. The zero-order valence-electron chi connectivity index (χ0n) is 15.9. The summed E-state index contributed by atoms with van der Waals surface area (Å²) < 4.78 is 10.6. The lowest BCUT2D eigenvalue weighted by atomic mass is 10.0. The van der Waals surface area contributed by atoms with E-state index in [0.29, 0.717) is 24.7 Å². The van der Waals surface area contributed by atoms with Crippen LogP contribution in [-0.2, 0) is 25.7 Å². The van der Waals surface area contributed by atoms with Crippen LogP contribution in [0.15, 0.2) is 53.2 Å². The molecule has 0 unspecified atom stereocenters. The fourth-order valence-corrected chi connectivity index (χ4v) is 3.38. The maximum Gasteiger partial charge on any atom is 0.226 e. The molecule has 2 aromatic heterocycles. The summed E-state index contributed by atoms with van der Waals surface area (Å²) in [5.41, 5.74) is 10.5. The van der Waals surface area contributed by atoms with Crippen molar-refractivity contribution in [2.45, 2.75) is 25.7 Å². The number of rotatable bonds is 8. The summed E-state index contributed by atoms with van der Waals surface area (Å²) >= 11 is 0. The Labute approximate surface area is 163 Å². The highest BCUT2D eigenvalue weighted by molar-refractivity contribution is 5.83. The van der Waals surface area contributed by atoms with Gasteiger partial charge in [0, 0.05) is 29.9 Å². The average Bonchev–Trinajstić information content (AvgIpc) is 3.34. The van der Waals surface area contributed by atoms with Gasteiger partial charge < -0.3 is 20.0 Å². The summed E-state index contributed by atoms with van der Waals surface area (Å²) in [6.45, 7) is 0.649. The van der Waals surface area contributed by atoms with Crippen molar-refractivity contribution in [2.75, 3.05) is 13.7 Å². The molecule has 2 heterocycles. The van der Waals surface area contributed by atoms with Gasteiger partial charge in [-0.05, 0) is 60.3 Å². The third-order valence-corrected chi connectivity index (χ3v) is 4.90. The standard InChI is InChI=1S/C22H24N4O2/c1-27-18-6-2-16(3-7-18)13-21-25-22(28-26-21)9-5-15-4-8-20-19(12-15)17(10-11-23)14-24-20/h2-4,6-8,12,14,24H,5,9-11,13,23H2,1H3. The molecule has 144 valence electrons. The first-order chi connectivity index (χ1) is 13.7. The van der Waals surface area contributed by atoms with Crippen LogP contribution in [0.3, 0.4) is 0 Å². The molecule has 0 fully saturated rings. The minimum Gasteiger partial charge on any atom is -0.497 e. The number of hydrogen-bond donors (Lipinski definition) is 2. The quantitative estimate of drug-likeness (QED) is 0.492. The number of nitrogens with zero attached hydrogens (tertiary/aromatic N) is 2. The van der Waals surface area contributed by atoms with Gasteiger partial charge in [-0.25, -0.2) is 0 Å². The molecular formula is C22H24N4O2. The molecule has 0 saturated carbocycles. The van der Waals surface area contributed by atoms with Crippen LogP contribution < -0.4 is 10.5 Å². The molecule has 0 aliphatic rings. The molecule has 0 amide bonds. The predicted molar refractivity (Wildman–Crippen MR) is 109 cm³/mol. The van der Waals surface area contributed by atoms with Gasteiger partial charge in [-0.15, -0.1) is 0 Å². The molecule has 0 aliphatic heterocycles. The van der Waals surface area contributed by atoms with Gasteiger partial charge in [-0.3, -0.25) is 0 Å². The van der Waals surface area contributed by atoms with Gasteiger partial charge in [-0.1, -0.05) is 23.4 Å². The van der Waals surface area contributed by atoms with Crippen molar-refractivity contribution < 1.29 is 9.26 Å². The highest BCUT2D eigenvalue weighted by Gasteiger charge is 2.09. The van der Waals surface area contributed by atoms with Crippen molar-refractivity contribution >= 4 is 10.9 Å². The summed E-state index contributed by atoms with van der Waals surface area (Å²) in [5.74, 6) is 2.21. The van der Waals surface area contributed by atoms with Crippen LogP contribution in [-0.4, -0.2) is 28.8 Å². The molecule has 0 radical (unpaired) electrons. The molecule has 4 aromatic rings. The van der Waals surface area contributed by atoms with Crippen LogP contribution in [0.2, 0.25) is 0 Å². The van der Waals surface area contributed by atoms with Crippen LogP contribution in [0.1, 0.15) is 28.4 Å². The number of nitrogens with two attached hydrogens (primary N) is 1. The Morgan fingerprint density at radius 1 is 1.04 bits per heavy atom. The molecular weight excluding hydrogens is 352 g/mol. The largest absolute Gasteiger partial charge is 0.497 e. The number of benzene rings is 2. The maximum absolute atomic E-state index is 5.71. The summed E-state index contributed by atoms with van der Waals surface area (Å²) in [6.07, 6.45) is 5.14. The van der Waals surface area contributed by atoms with Crippen LogP contribution in [0.4, 0.5) is 0 Å². The van der Waals surface area contributed by atoms with Crippen molar-refractivity contribution in [1.29, 1.82) is 0 Å². The Kier molecular flexibility index (Phi) is 5.39. The second-order valence-electron chi connectivity index (χ2n) is 6.86. The van der Waals surface area contributed by atoms with Crippen LogP contribution in [0, 0.1) is 0 Å². The number of nitrogens with one attached hydrogen (secondary N) is 1. The molecule has 6 heteroatoms. The third-order valence-electron chi connectivity index (χ3n) is 4.90. The zero-order chi connectivity index (χ0) is 19.3. The van der Waals surface area contributed by atoms with Gasteiger partial charge in [0.1, 0.15) is 5.75 Å². The lowest BCUT2D eigenvalue weighted by Crippen LogP contribution is -2.02. The van der Waals surface area contributed by atoms with Gasteiger partial charge >= 0.3 is 0 Å². The van der Waals surface area contributed by atoms with Gasteiger partial charge in [-0.2, -0.15) is 4.98 Å². The van der Waals surface area contributed by atoms with Crippen LogP contribution in [0.25, 0.3) is 10.9 Å². The first-order valence-corrected chi connectivity index (χ1v) is 9.48. The number of aryl methyl sites for hydroxylation is 2. The van der Waals surface area contributed by atoms with E-state index in [1.165, 1.54) is 16.5 Å². The van der Waals surface area contributed by atoms with Crippen molar-refractivity contribution in [3.63, 3.8) is 0 Å². The van der Waals surface area contributed by atoms with E-state index < -0.39 is 0 Å². The number of hydrogen-bond acceptors (Lipinski definition) is 5. The fourth-order valence-electron chi connectivity index (χ4n) is 3.38. The lowest BCUT2D eigenvalue weighted by Gasteiger charge is -2.01. The molecule has 0 bridgehead atoms. The van der Waals surface area contributed by atoms with Crippen LogP contribution in [0.5, 0.6) is 5.75 Å². The number of methoxy groups -OCH3 is 1. The molecule has 4 rings (SSSR count). The van der Waals surface area contributed by atoms with Gasteiger partial charge in [0.05, 0.1) is 7.11 Å². The molecule has 2 aromatic carbocycles. The first-order valence-electron chi connectivity index (χ1n) is 9.48. The molecule has 0 atom stereocenters. The predicted octanol–water partition coefficient (Wildman–Crippen LogP) is 3.44. The Bertz CT molecular complexity index is 1050. The highest BCUT2D eigenvalue weighted by Crippen LogP contribution is 2.21. The van der Waals surface area contributed by atoms with Crippen molar-refractivity contribution in [2.24, 2.45) is 5.73 Å². The van der Waals surface area contributed by atoms with Gasteiger partial charge in [0.25, 0.3) is 0 Å². The van der Waals surface area contributed by atoms with Crippen LogP contribution >= 0.6 is 0 Å². The number of fused-ring (bicyclic) bond motifs is 1. The summed E-state index contributed by atoms with van der Waals surface area (Å²) in [4.78, 5) is 7.83. The van der Waals surface area contributed by atoms with E-state index in [1.807, 2.05) is 30.5 Å². The van der Waals surface area contributed by atoms with Gasteiger partial charge in [0.2, 0.25) is 5.89 Å². The van der Waals surface area contributed by atoms with E-state index in [1.54, 1.807) is 7.11 Å². The first kappa shape index (κ1) is 18.3. The van der Waals surface area contributed by atoms with E-state index in [-0.39, 0.29) is 0 Å². The number of H-pyrrole nitrogens is 1. The second kappa shape index (κ2) is 8.27. The molecule has 0 aliphatic carbocycles. The maximum atomic E-state index is 5.71. The van der Waals surface area contributed by atoms with E-state index in [0.717, 1.165) is 36.1 Å². The Morgan fingerprint density at radius 3 is 2.64 bits per heavy atom. The number of aromatic nitrogens is 3. The Morgan fingerprint density at radius 2 is 1.86 bits per heavy atom. The molecule has 28 heavy (non-hydrogen) atoms. The SMILES string of the molecule is COc1ccc(Cc2noc(CCc3ccc4[nH]cc(CCN)c4c3)n2)cc1. The molecule has 0 saturated heterocycles. The van der Waals surface area contributed by atoms with E-state index in [2.05, 4.69) is 33.3 Å². The molecule has 6 nitrogen and oxygen atoms in total. The number of aromatic amines is 1. The average molecular weight is 376 g/mol. The smallest absolute Gasteiger partial charge is 0.226 e. The van der Waals surface area contributed by atoms with Crippen molar-refractivity contribution in [3.05, 3.63) is 77.1 Å². The minimum atomic E-state index is 0.644. The van der Waals surface area contributed by atoms with E-state index in [9.17, 15) is 0 Å². The topological polar surface area (TPSA) is 90.0 Å². The second-order valence-corrected chi connectivity index (χ2v) is 6.86. The minimum absolute atomic E-state index is 0.644. The lowest BCUT2D eigenvalue weighted by molar-refractivity contribution is 0.374. The summed E-state index contributed by atoms with van der Waals surface area (Å²) in [6, 6.07) is 14.4. The van der Waals surface area contributed by atoms with E-state index >= 15 is 0 Å². The van der Waals surface area contributed by atoms with Crippen molar-refractivity contribution in [3.8, 4) is 5.75 Å². The Balaban J connectivity index is 1.40. The van der Waals surface area contributed by atoms with Gasteiger partial charge in [0.15, 0.2) is 5.82 Å². The molecule has 3 N–H and O–H groups in total. The van der Waals surface area contributed by atoms with E-state index in [4.69, 9.17) is 15.0 Å². The molecule has 0 spiro atoms. The fraction of sp³-hybridized carbons (Fsp3) is 0.273. The monoisotopic (exact) mass is 376 g/mol. The van der Waals surface area contributed by atoms with Crippen molar-refractivity contribution in [1.82, 2.24) is 15.1 Å².